The van der Waals surface area contributed by atoms with Gasteiger partial charge in [-0.1, -0.05) is 12.1 Å². The molecule has 2 amide bonds. The number of nitrogens with zero attached hydrogens (tertiary/aromatic N) is 1. The van der Waals surface area contributed by atoms with E-state index in [-0.39, 0.29) is 17.9 Å². The summed E-state index contributed by atoms with van der Waals surface area (Å²) in [4.78, 5) is 28.3. The average Bonchev–Trinajstić information content (AvgIpc) is 3.21. The van der Waals surface area contributed by atoms with Crippen LogP contribution in [0.3, 0.4) is 0 Å². The Labute approximate surface area is 131 Å². The number of likely N-dealkylation sites (tertiary alicyclic amines) is 1. The predicted molar refractivity (Wildman–Crippen MR) is 84.1 cm³/mol. The van der Waals surface area contributed by atoms with Crippen molar-refractivity contribution in [3.8, 4) is 0 Å². The molecule has 1 saturated heterocycles. The SMILES string of the molecule is O=C(NCc1cccs1)C1CCC(=O)N1Cc1cccs1. The monoisotopic (exact) mass is 320 g/mol. The third kappa shape index (κ3) is 3.33. The van der Waals surface area contributed by atoms with Gasteiger partial charge in [0.1, 0.15) is 6.04 Å². The maximum absolute atomic E-state index is 12.3. The van der Waals surface area contributed by atoms with E-state index in [1.54, 1.807) is 27.6 Å². The third-order valence-electron chi connectivity index (χ3n) is 3.55. The van der Waals surface area contributed by atoms with E-state index in [2.05, 4.69) is 5.32 Å². The van der Waals surface area contributed by atoms with E-state index < -0.39 is 0 Å². The number of hydrogen-bond acceptors (Lipinski definition) is 4. The van der Waals surface area contributed by atoms with Gasteiger partial charge >= 0.3 is 0 Å². The molecule has 0 saturated carbocycles. The largest absolute Gasteiger partial charge is 0.349 e. The third-order valence-corrected chi connectivity index (χ3v) is 5.29. The summed E-state index contributed by atoms with van der Waals surface area (Å²) in [5.41, 5.74) is 0. The van der Waals surface area contributed by atoms with E-state index in [1.165, 1.54) is 0 Å². The highest BCUT2D eigenvalue weighted by Crippen LogP contribution is 2.23. The Balaban J connectivity index is 1.62. The molecular weight excluding hydrogens is 304 g/mol. The second kappa shape index (κ2) is 6.41. The fourth-order valence-electron chi connectivity index (χ4n) is 2.48. The molecular formula is C15H16N2O2S2. The van der Waals surface area contributed by atoms with Crippen LogP contribution < -0.4 is 5.32 Å². The molecule has 1 fully saturated rings. The molecule has 1 atom stereocenters. The maximum atomic E-state index is 12.3. The minimum absolute atomic E-state index is 0.0502. The van der Waals surface area contributed by atoms with Gasteiger partial charge in [0, 0.05) is 16.2 Å². The van der Waals surface area contributed by atoms with Gasteiger partial charge in [0.15, 0.2) is 0 Å². The van der Waals surface area contributed by atoms with Crippen LogP contribution >= 0.6 is 22.7 Å². The van der Waals surface area contributed by atoms with Crippen molar-refractivity contribution in [1.29, 1.82) is 0 Å². The van der Waals surface area contributed by atoms with Crippen molar-refractivity contribution in [2.75, 3.05) is 0 Å². The summed E-state index contributed by atoms with van der Waals surface area (Å²) in [5, 5.41) is 6.92. The Morgan fingerprint density at radius 1 is 1.24 bits per heavy atom. The number of nitrogens with one attached hydrogen (secondary N) is 1. The number of thiophene rings is 2. The predicted octanol–water partition coefficient (Wildman–Crippen LogP) is 2.62. The highest BCUT2D eigenvalue weighted by atomic mass is 32.1. The van der Waals surface area contributed by atoms with E-state index in [0.29, 0.717) is 25.9 Å². The minimum atomic E-state index is -0.334. The molecule has 0 aromatic carbocycles. The molecule has 21 heavy (non-hydrogen) atoms. The zero-order valence-electron chi connectivity index (χ0n) is 11.5. The van der Waals surface area contributed by atoms with Crippen LogP contribution in [0.25, 0.3) is 0 Å². The Morgan fingerprint density at radius 3 is 2.62 bits per heavy atom. The fourth-order valence-corrected chi connectivity index (χ4v) is 3.83. The van der Waals surface area contributed by atoms with E-state index in [9.17, 15) is 9.59 Å². The van der Waals surface area contributed by atoms with E-state index in [4.69, 9.17) is 0 Å². The van der Waals surface area contributed by atoms with Gasteiger partial charge in [-0.25, -0.2) is 0 Å². The van der Waals surface area contributed by atoms with Crippen molar-refractivity contribution in [3.63, 3.8) is 0 Å². The highest BCUT2D eigenvalue weighted by Gasteiger charge is 2.35. The summed E-state index contributed by atoms with van der Waals surface area (Å²) in [7, 11) is 0. The molecule has 3 heterocycles. The lowest BCUT2D eigenvalue weighted by atomic mass is 10.2. The summed E-state index contributed by atoms with van der Waals surface area (Å²) >= 11 is 3.23. The van der Waals surface area contributed by atoms with Crippen molar-refractivity contribution in [2.24, 2.45) is 0 Å². The zero-order chi connectivity index (χ0) is 14.7. The van der Waals surface area contributed by atoms with E-state index in [0.717, 1.165) is 9.75 Å². The van der Waals surface area contributed by atoms with Crippen LogP contribution in [-0.4, -0.2) is 22.8 Å². The van der Waals surface area contributed by atoms with Crippen LogP contribution in [0.4, 0.5) is 0 Å². The summed E-state index contributed by atoms with van der Waals surface area (Å²) < 4.78 is 0. The highest BCUT2D eigenvalue weighted by molar-refractivity contribution is 7.10. The first-order valence-electron chi connectivity index (χ1n) is 6.86. The number of amides is 2. The molecule has 0 bridgehead atoms. The van der Waals surface area contributed by atoms with Gasteiger partial charge < -0.3 is 10.2 Å². The lowest BCUT2D eigenvalue weighted by Crippen LogP contribution is -2.43. The molecule has 110 valence electrons. The van der Waals surface area contributed by atoms with Crippen LogP contribution in [0, 0.1) is 0 Å². The van der Waals surface area contributed by atoms with Crippen molar-refractivity contribution in [2.45, 2.75) is 32.0 Å². The van der Waals surface area contributed by atoms with Crippen molar-refractivity contribution < 1.29 is 9.59 Å². The second-order valence-electron chi connectivity index (χ2n) is 4.95. The second-order valence-corrected chi connectivity index (χ2v) is 7.02. The zero-order valence-corrected chi connectivity index (χ0v) is 13.1. The Hall–Kier alpha value is -1.66. The molecule has 1 aliphatic rings. The minimum Gasteiger partial charge on any atom is -0.349 e. The van der Waals surface area contributed by atoms with Gasteiger partial charge in [-0.3, -0.25) is 9.59 Å². The van der Waals surface area contributed by atoms with Gasteiger partial charge in [-0.15, -0.1) is 22.7 Å². The molecule has 2 aromatic rings. The summed E-state index contributed by atoms with van der Waals surface area (Å²) in [5.74, 6) is 0.0190. The molecule has 1 N–H and O–H groups in total. The van der Waals surface area contributed by atoms with Gasteiger partial charge in [-0.05, 0) is 29.3 Å². The Bertz CT molecular complexity index is 608. The summed E-state index contributed by atoms with van der Waals surface area (Å²) in [6.07, 6.45) is 1.07. The van der Waals surface area contributed by atoms with Crippen molar-refractivity contribution in [3.05, 3.63) is 44.8 Å². The molecule has 0 spiro atoms. The number of hydrogen-bond donors (Lipinski definition) is 1. The topological polar surface area (TPSA) is 49.4 Å². The first kappa shape index (κ1) is 14.3. The smallest absolute Gasteiger partial charge is 0.243 e. The lowest BCUT2D eigenvalue weighted by molar-refractivity contribution is -0.135. The molecule has 2 aromatic heterocycles. The van der Waals surface area contributed by atoms with Crippen LogP contribution in [0.5, 0.6) is 0 Å². The van der Waals surface area contributed by atoms with Crippen LogP contribution in [-0.2, 0) is 22.7 Å². The standard InChI is InChI=1S/C15H16N2O2S2/c18-14-6-5-13(17(14)10-12-4-2-8-21-12)15(19)16-9-11-3-1-7-20-11/h1-4,7-8,13H,5-6,9-10H2,(H,16,19). The maximum Gasteiger partial charge on any atom is 0.243 e. The van der Waals surface area contributed by atoms with Crippen molar-refractivity contribution in [1.82, 2.24) is 10.2 Å². The van der Waals surface area contributed by atoms with E-state index in [1.807, 2.05) is 35.0 Å². The molecule has 6 heteroatoms. The Kier molecular flexibility index (Phi) is 4.36. The summed E-state index contributed by atoms with van der Waals surface area (Å²) in [6, 6.07) is 7.59. The van der Waals surface area contributed by atoms with Crippen molar-refractivity contribution >= 4 is 34.5 Å². The normalized spacial score (nSPS) is 18.2. The van der Waals surface area contributed by atoms with Gasteiger partial charge in [0.25, 0.3) is 0 Å². The van der Waals surface area contributed by atoms with Gasteiger partial charge in [0.2, 0.25) is 11.8 Å². The van der Waals surface area contributed by atoms with Gasteiger partial charge in [0.05, 0.1) is 13.1 Å². The number of rotatable bonds is 5. The van der Waals surface area contributed by atoms with Crippen LogP contribution in [0.2, 0.25) is 0 Å². The molecule has 0 radical (unpaired) electrons. The molecule has 1 aliphatic heterocycles. The fraction of sp³-hybridized carbons (Fsp3) is 0.333. The molecule has 1 unspecified atom stereocenters. The van der Waals surface area contributed by atoms with Crippen LogP contribution in [0.1, 0.15) is 22.6 Å². The first-order chi connectivity index (χ1) is 10.2. The van der Waals surface area contributed by atoms with Gasteiger partial charge in [-0.2, -0.15) is 0 Å². The quantitative estimate of drug-likeness (QED) is 0.920. The first-order valence-corrected chi connectivity index (χ1v) is 8.62. The average molecular weight is 320 g/mol. The Morgan fingerprint density at radius 2 is 1.95 bits per heavy atom. The number of carbonyl (C=O) groups excluding carboxylic acids is 2. The van der Waals surface area contributed by atoms with E-state index >= 15 is 0 Å². The number of carbonyl (C=O) groups is 2. The molecule has 3 rings (SSSR count). The summed E-state index contributed by atoms with van der Waals surface area (Å²) in [6.45, 7) is 1.07. The lowest BCUT2D eigenvalue weighted by Gasteiger charge is -2.23. The van der Waals surface area contributed by atoms with Crippen LogP contribution in [0.15, 0.2) is 35.0 Å². The molecule has 4 nitrogen and oxygen atoms in total. The molecule has 0 aliphatic carbocycles.